The molecular weight excluding hydrogens is 276 g/mol. The van der Waals surface area contributed by atoms with Crippen molar-refractivity contribution in [1.82, 2.24) is 0 Å². The molecule has 0 spiro atoms. The van der Waals surface area contributed by atoms with Gasteiger partial charge in [-0.1, -0.05) is 24.3 Å². The second kappa shape index (κ2) is 5.95. The molecule has 1 aromatic carbocycles. The Bertz CT molecular complexity index is 592. The van der Waals surface area contributed by atoms with Crippen LogP contribution in [-0.4, -0.2) is 30.5 Å². The van der Waals surface area contributed by atoms with E-state index in [4.69, 9.17) is 5.11 Å². The number of aliphatic carboxylic acids is 1. The summed E-state index contributed by atoms with van der Waals surface area (Å²) in [5.74, 6) is -1.01. The van der Waals surface area contributed by atoms with Crippen molar-refractivity contribution in [3.05, 3.63) is 35.4 Å². The highest BCUT2D eigenvalue weighted by Crippen LogP contribution is 2.33. The molecule has 0 saturated heterocycles. The Labute approximate surface area is 119 Å². The van der Waals surface area contributed by atoms with Crippen LogP contribution in [0.25, 0.3) is 0 Å². The molecule has 0 amide bonds. The quantitative estimate of drug-likeness (QED) is 0.905. The number of sulfone groups is 1. The number of benzene rings is 1. The number of aryl methyl sites for hydroxylation is 1. The molecule has 1 aliphatic rings. The Morgan fingerprint density at radius 1 is 1.40 bits per heavy atom. The molecule has 2 unspecified atom stereocenters. The number of carboxylic acid groups (broad SMARTS) is 1. The van der Waals surface area contributed by atoms with Gasteiger partial charge in [0.1, 0.15) is 0 Å². The molecule has 0 aromatic heterocycles. The van der Waals surface area contributed by atoms with Gasteiger partial charge in [0.15, 0.2) is 9.84 Å². The molecule has 20 heavy (non-hydrogen) atoms. The van der Waals surface area contributed by atoms with Crippen LogP contribution in [0.3, 0.4) is 0 Å². The third-order valence-corrected chi connectivity index (χ3v) is 6.26. The highest BCUT2D eigenvalue weighted by atomic mass is 32.2. The molecule has 0 aliphatic heterocycles. The number of fused-ring (bicyclic) bond motifs is 1. The molecular formula is C15H20O4S. The number of hydrogen-bond donors (Lipinski definition) is 1. The average Bonchev–Trinajstić information content (AvgIpc) is 2.38. The lowest BCUT2D eigenvalue weighted by molar-refractivity contribution is -0.136. The van der Waals surface area contributed by atoms with E-state index in [0.717, 1.165) is 24.8 Å². The minimum atomic E-state index is -3.38. The largest absolute Gasteiger partial charge is 0.481 e. The van der Waals surface area contributed by atoms with Gasteiger partial charge in [-0.05, 0) is 43.2 Å². The first kappa shape index (κ1) is 15.0. The van der Waals surface area contributed by atoms with E-state index < -0.39 is 21.1 Å². The zero-order valence-corrected chi connectivity index (χ0v) is 12.4. The fourth-order valence-corrected chi connectivity index (χ4v) is 4.48. The molecule has 1 N–H and O–H groups in total. The molecule has 0 saturated carbocycles. The lowest BCUT2D eigenvalue weighted by Gasteiger charge is -2.26. The molecule has 2 rings (SSSR count). The standard InChI is InChI=1S/C15H20O4S/c1-11(9-15(16)17)20(18,19)10-13-7-4-6-12-5-2-3-8-14(12)13/h2-3,5,8,11,13H,4,6-7,9-10H2,1H3,(H,16,17). The second-order valence-corrected chi connectivity index (χ2v) is 7.99. The fourth-order valence-electron chi connectivity index (χ4n) is 2.85. The van der Waals surface area contributed by atoms with E-state index >= 15 is 0 Å². The SMILES string of the molecule is CC(CC(=O)O)S(=O)(=O)CC1CCCc2ccccc21. The smallest absolute Gasteiger partial charge is 0.304 e. The van der Waals surface area contributed by atoms with Crippen LogP contribution in [-0.2, 0) is 21.1 Å². The predicted octanol–water partition coefficient (Wildman–Crippen LogP) is 2.38. The van der Waals surface area contributed by atoms with Crippen LogP contribution in [0.1, 0.15) is 43.2 Å². The normalized spacial score (nSPS) is 20.1. The molecule has 5 heteroatoms. The van der Waals surface area contributed by atoms with Gasteiger partial charge in [0.25, 0.3) is 0 Å². The fraction of sp³-hybridized carbons (Fsp3) is 0.533. The molecule has 0 radical (unpaired) electrons. The topological polar surface area (TPSA) is 71.4 Å². The third-order valence-electron chi connectivity index (χ3n) is 4.00. The van der Waals surface area contributed by atoms with Crippen LogP contribution in [0, 0.1) is 0 Å². The zero-order chi connectivity index (χ0) is 14.8. The minimum absolute atomic E-state index is 0.00111. The number of carbonyl (C=O) groups is 1. The molecule has 4 nitrogen and oxygen atoms in total. The van der Waals surface area contributed by atoms with Crippen LogP contribution in [0.2, 0.25) is 0 Å². The minimum Gasteiger partial charge on any atom is -0.481 e. The summed E-state index contributed by atoms with van der Waals surface area (Å²) in [4.78, 5) is 10.7. The molecule has 1 aromatic rings. The van der Waals surface area contributed by atoms with Crippen molar-refractivity contribution in [2.75, 3.05) is 5.75 Å². The summed E-state index contributed by atoms with van der Waals surface area (Å²) in [6.07, 6.45) is 2.52. The van der Waals surface area contributed by atoms with Crippen LogP contribution in [0.15, 0.2) is 24.3 Å². The Kier molecular flexibility index (Phi) is 4.48. The average molecular weight is 296 g/mol. The van der Waals surface area contributed by atoms with Crippen molar-refractivity contribution >= 4 is 15.8 Å². The van der Waals surface area contributed by atoms with Crippen LogP contribution >= 0.6 is 0 Å². The number of rotatable bonds is 5. The molecule has 0 heterocycles. The molecule has 0 bridgehead atoms. The van der Waals surface area contributed by atoms with Gasteiger partial charge in [-0.2, -0.15) is 0 Å². The first-order valence-corrected chi connectivity index (χ1v) is 8.63. The Hall–Kier alpha value is -1.36. The van der Waals surface area contributed by atoms with Crippen molar-refractivity contribution < 1.29 is 18.3 Å². The van der Waals surface area contributed by atoms with Gasteiger partial charge in [0, 0.05) is 0 Å². The summed E-state index contributed by atoms with van der Waals surface area (Å²) in [6.45, 7) is 1.48. The predicted molar refractivity (Wildman–Crippen MR) is 77.6 cm³/mol. The Morgan fingerprint density at radius 3 is 2.80 bits per heavy atom. The van der Waals surface area contributed by atoms with E-state index in [1.807, 2.05) is 18.2 Å². The summed E-state index contributed by atoms with van der Waals surface area (Å²) < 4.78 is 24.6. The van der Waals surface area contributed by atoms with Crippen molar-refractivity contribution in [2.45, 2.75) is 43.8 Å². The zero-order valence-electron chi connectivity index (χ0n) is 11.6. The van der Waals surface area contributed by atoms with E-state index in [1.54, 1.807) is 0 Å². The Balaban J connectivity index is 2.17. The van der Waals surface area contributed by atoms with E-state index in [0.29, 0.717) is 0 Å². The molecule has 110 valence electrons. The summed E-state index contributed by atoms with van der Waals surface area (Å²) in [6, 6.07) is 7.96. The van der Waals surface area contributed by atoms with E-state index in [1.165, 1.54) is 12.5 Å². The summed E-state index contributed by atoms with van der Waals surface area (Å²) in [7, 11) is -3.38. The van der Waals surface area contributed by atoms with Crippen LogP contribution in [0.5, 0.6) is 0 Å². The van der Waals surface area contributed by atoms with Crippen LogP contribution < -0.4 is 0 Å². The summed E-state index contributed by atoms with van der Waals surface area (Å²) >= 11 is 0. The van der Waals surface area contributed by atoms with Gasteiger partial charge in [-0.15, -0.1) is 0 Å². The van der Waals surface area contributed by atoms with E-state index in [9.17, 15) is 13.2 Å². The number of hydrogen-bond acceptors (Lipinski definition) is 3. The van der Waals surface area contributed by atoms with E-state index in [-0.39, 0.29) is 18.1 Å². The first-order chi connectivity index (χ1) is 9.40. The van der Waals surface area contributed by atoms with Crippen molar-refractivity contribution in [2.24, 2.45) is 0 Å². The van der Waals surface area contributed by atoms with Gasteiger partial charge in [0.2, 0.25) is 0 Å². The van der Waals surface area contributed by atoms with Gasteiger partial charge >= 0.3 is 5.97 Å². The van der Waals surface area contributed by atoms with Gasteiger partial charge in [-0.3, -0.25) is 4.79 Å². The third kappa shape index (κ3) is 3.39. The molecule has 2 atom stereocenters. The van der Waals surface area contributed by atoms with Crippen molar-refractivity contribution in [3.8, 4) is 0 Å². The van der Waals surface area contributed by atoms with Gasteiger partial charge in [-0.25, -0.2) is 8.42 Å². The van der Waals surface area contributed by atoms with E-state index in [2.05, 4.69) is 6.07 Å². The first-order valence-electron chi connectivity index (χ1n) is 6.91. The highest BCUT2D eigenvalue weighted by Gasteiger charge is 2.30. The van der Waals surface area contributed by atoms with Crippen LogP contribution in [0.4, 0.5) is 0 Å². The number of carboxylic acids is 1. The molecule has 0 fully saturated rings. The van der Waals surface area contributed by atoms with Crippen molar-refractivity contribution in [1.29, 1.82) is 0 Å². The van der Waals surface area contributed by atoms with Gasteiger partial charge < -0.3 is 5.11 Å². The second-order valence-electron chi connectivity index (χ2n) is 5.53. The maximum Gasteiger partial charge on any atom is 0.304 e. The van der Waals surface area contributed by atoms with Crippen molar-refractivity contribution in [3.63, 3.8) is 0 Å². The summed E-state index contributed by atoms with van der Waals surface area (Å²) in [5, 5.41) is 7.92. The molecule has 1 aliphatic carbocycles. The highest BCUT2D eigenvalue weighted by molar-refractivity contribution is 7.92. The lowest BCUT2D eigenvalue weighted by Crippen LogP contribution is -2.28. The summed E-state index contributed by atoms with van der Waals surface area (Å²) in [5.41, 5.74) is 2.34. The lowest BCUT2D eigenvalue weighted by atomic mass is 9.84. The Morgan fingerprint density at radius 2 is 2.10 bits per heavy atom. The van der Waals surface area contributed by atoms with Gasteiger partial charge in [0.05, 0.1) is 17.4 Å². The maximum absolute atomic E-state index is 12.3. The maximum atomic E-state index is 12.3. The monoisotopic (exact) mass is 296 g/mol.